The molecule has 0 fully saturated rings. The zero-order chi connectivity index (χ0) is 22.2. The van der Waals surface area contributed by atoms with Crippen molar-refractivity contribution in [2.24, 2.45) is 0 Å². The zero-order valence-electron chi connectivity index (χ0n) is 18.7. The predicted octanol–water partition coefficient (Wildman–Crippen LogP) is 3.52. The highest BCUT2D eigenvalue weighted by molar-refractivity contribution is 7.10. The van der Waals surface area contributed by atoms with Crippen LogP contribution in [0.2, 0.25) is 0 Å². The number of ether oxygens (including phenoxy) is 1. The van der Waals surface area contributed by atoms with Crippen molar-refractivity contribution in [3.63, 3.8) is 0 Å². The number of benzene rings is 1. The summed E-state index contributed by atoms with van der Waals surface area (Å²) in [6.07, 6.45) is 0.901. The van der Waals surface area contributed by atoms with Crippen LogP contribution in [0.4, 0.5) is 0 Å². The largest absolute Gasteiger partial charge is 0.383 e. The third-order valence-electron chi connectivity index (χ3n) is 5.94. The van der Waals surface area contributed by atoms with Gasteiger partial charge in [-0.25, -0.2) is 0 Å². The molecule has 0 radical (unpaired) electrons. The lowest BCUT2D eigenvalue weighted by Gasteiger charge is -2.41. The Bertz CT molecular complexity index is 852. The van der Waals surface area contributed by atoms with Gasteiger partial charge in [0.1, 0.15) is 0 Å². The molecule has 2 atom stereocenters. The van der Waals surface area contributed by atoms with Gasteiger partial charge in [-0.1, -0.05) is 38.1 Å². The summed E-state index contributed by atoms with van der Waals surface area (Å²) in [6, 6.07) is 11.2. The van der Waals surface area contributed by atoms with Gasteiger partial charge in [0.2, 0.25) is 5.91 Å². The normalized spacial score (nSPS) is 18.3. The third kappa shape index (κ3) is 5.34. The SMILES string of the molecule is CCN(CC)CCCNC(=O)[C@H]1c2ccccc2C(=O)N(CCOC)[C@@H]1c1cccs1. The molecule has 2 aromatic rings. The molecule has 3 rings (SSSR count). The summed E-state index contributed by atoms with van der Waals surface area (Å²) in [4.78, 5) is 32.0. The molecule has 0 aliphatic carbocycles. The van der Waals surface area contributed by atoms with Gasteiger partial charge in [0.05, 0.1) is 18.6 Å². The molecule has 7 heteroatoms. The van der Waals surface area contributed by atoms with Crippen LogP contribution in [0.25, 0.3) is 0 Å². The van der Waals surface area contributed by atoms with Crippen molar-refractivity contribution in [3.8, 4) is 0 Å². The molecule has 1 aromatic heterocycles. The summed E-state index contributed by atoms with van der Waals surface area (Å²) in [5.41, 5.74) is 1.41. The van der Waals surface area contributed by atoms with Crippen LogP contribution in [0, 0.1) is 0 Å². The second kappa shape index (κ2) is 11.4. The van der Waals surface area contributed by atoms with Crippen molar-refractivity contribution in [1.82, 2.24) is 15.1 Å². The number of nitrogens with zero attached hydrogens (tertiary/aromatic N) is 2. The number of rotatable bonds is 11. The summed E-state index contributed by atoms with van der Waals surface area (Å²) in [7, 11) is 1.63. The van der Waals surface area contributed by atoms with Crippen molar-refractivity contribution in [2.45, 2.75) is 32.2 Å². The molecule has 1 aliphatic heterocycles. The van der Waals surface area contributed by atoms with Crippen LogP contribution in [-0.4, -0.2) is 68.1 Å². The molecule has 1 aliphatic rings. The van der Waals surface area contributed by atoms with E-state index >= 15 is 0 Å². The molecule has 1 N–H and O–H groups in total. The molecule has 0 saturated heterocycles. The number of hydrogen-bond donors (Lipinski definition) is 1. The second-order valence-corrected chi connectivity index (χ2v) is 8.67. The Morgan fingerprint density at radius 1 is 1.19 bits per heavy atom. The molecule has 0 unspecified atom stereocenters. The Morgan fingerprint density at radius 2 is 1.97 bits per heavy atom. The third-order valence-corrected chi connectivity index (χ3v) is 6.88. The maximum absolute atomic E-state index is 13.5. The highest BCUT2D eigenvalue weighted by atomic mass is 32.1. The van der Waals surface area contributed by atoms with E-state index in [1.807, 2.05) is 41.8 Å². The van der Waals surface area contributed by atoms with E-state index in [0.717, 1.165) is 36.5 Å². The maximum atomic E-state index is 13.5. The van der Waals surface area contributed by atoms with Crippen LogP contribution < -0.4 is 5.32 Å². The minimum Gasteiger partial charge on any atom is -0.383 e. The molecule has 2 heterocycles. The Hall–Kier alpha value is -2.22. The van der Waals surface area contributed by atoms with Crippen LogP contribution in [0.15, 0.2) is 41.8 Å². The van der Waals surface area contributed by atoms with E-state index in [0.29, 0.717) is 25.3 Å². The molecule has 2 amide bonds. The maximum Gasteiger partial charge on any atom is 0.254 e. The number of methoxy groups -OCH3 is 1. The lowest BCUT2D eigenvalue weighted by Crippen LogP contribution is -2.48. The lowest BCUT2D eigenvalue weighted by atomic mass is 9.81. The fraction of sp³-hybridized carbons (Fsp3) is 0.500. The van der Waals surface area contributed by atoms with E-state index in [9.17, 15) is 9.59 Å². The first-order valence-electron chi connectivity index (χ1n) is 11.0. The molecule has 0 bridgehead atoms. The molecule has 0 saturated carbocycles. The summed E-state index contributed by atoms with van der Waals surface area (Å²) in [5.74, 6) is -0.519. The van der Waals surface area contributed by atoms with E-state index in [1.165, 1.54) is 0 Å². The number of amides is 2. The molecular formula is C24H33N3O3S. The van der Waals surface area contributed by atoms with Crippen molar-refractivity contribution >= 4 is 23.2 Å². The van der Waals surface area contributed by atoms with Gasteiger partial charge in [0.25, 0.3) is 5.91 Å². The van der Waals surface area contributed by atoms with E-state index in [2.05, 4.69) is 24.1 Å². The molecule has 1 aromatic carbocycles. The first-order valence-corrected chi connectivity index (χ1v) is 11.9. The summed E-state index contributed by atoms with van der Waals surface area (Å²) in [6.45, 7) is 8.77. The van der Waals surface area contributed by atoms with Crippen LogP contribution in [-0.2, 0) is 9.53 Å². The molecule has 6 nitrogen and oxygen atoms in total. The van der Waals surface area contributed by atoms with Crippen molar-refractivity contribution in [2.75, 3.05) is 46.4 Å². The molecular weight excluding hydrogens is 410 g/mol. The second-order valence-electron chi connectivity index (χ2n) is 7.69. The first kappa shape index (κ1) is 23.4. The van der Waals surface area contributed by atoms with E-state index in [1.54, 1.807) is 23.3 Å². The zero-order valence-corrected chi connectivity index (χ0v) is 19.5. The monoisotopic (exact) mass is 443 g/mol. The number of nitrogens with one attached hydrogen (secondary N) is 1. The van der Waals surface area contributed by atoms with Gasteiger partial charge in [-0.3, -0.25) is 9.59 Å². The average Bonchev–Trinajstić information content (AvgIpc) is 3.33. The number of carbonyl (C=O) groups is 2. The van der Waals surface area contributed by atoms with Crippen LogP contribution >= 0.6 is 11.3 Å². The predicted molar refractivity (Wildman–Crippen MR) is 125 cm³/mol. The van der Waals surface area contributed by atoms with Gasteiger partial charge < -0.3 is 19.9 Å². The van der Waals surface area contributed by atoms with E-state index in [4.69, 9.17) is 4.74 Å². The fourth-order valence-corrected chi connectivity index (χ4v) is 5.12. The first-order chi connectivity index (χ1) is 15.1. The molecule has 168 valence electrons. The van der Waals surface area contributed by atoms with Crippen molar-refractivity contribution in [1.29, 1.82) is 0 Å². The molecule has 0 spiro atoms. The molecule has 31 heavy (non-hydrogen) atoms. The Labute approximate surface area is 189 Å². The number of fused-ring (bicyclic) bond motifs is 1. The Morgan fingerprint density at radius 3 is 2.65 bits per heavy atom. The number of thiophene rings is 1. The van der Waals surface area contributed by atoms with Gasteiger partial charge in [0.15, 0.2) is 0 Å². The number of hydrogen-bond acceptors (Lipinski definition) is 5. The topological polar surface area (TPSA) is 61.9 Å². The van der Waals surface area contributed by atoms with Gasteiger partial charge in [-0.05, 0) is 49.1 Å². The summed E-state index contributed by atoms with van der Waals surface area (Å²) < 4.78 is 5.27. The van der Waals surface area contributed by atoms with E-state index in [-0.39, 0.29) is 17.9 Å². The van der Waals surface area contributed by atoms with Gasteiger partial charge in [-0.2, -0.15) is 0 Å². The average molecular weight is 444 g/mol. The summed E-state index contributed by atoms with van der Waals surface area (Å²) >= 11 is 1.58. The van der Waals surface area contributed by atoms with Crippen molar-refractivity contribution < 1.29 is 14.3 Å². The van der Waals surface area contributed by atoms with Crippen LogP contribution in [0.3, 0.4) is 0 Å². The smallest absolute Gasteiger partial charge is 0.254 e. The fourth-order valence-electron chi connectivity index (χ4n) is 4.25. The lowest BCUT2D eigenvalue weighted by molar-refractivity contribution is -0.124. The Kier molecular flexibility index (Phi) is 8.63. The van der Waals surface area contributed by atoms with Crippen LogP contribution in [0.1, 0.15) is 53.0 Å². The summed E-state index contributed by atoms with van der Waals surface area (Å²) in [5, 5.41) is 5.14. The number of carbonyl (C=O) groups excluding carboxylic acids is 2. The minimum absolute atomic E-state index is 0.0275. The standard InChI is InChI=1S/C24H33N3O3S/c1-4-26(5-2)14-9-13-25-23(28)21-18-10-6-7-11-19(18)24(29)27(15-16-30-3)22(21)20-12-8-17-31-20/h6-8,10-12,17,21-22H,4-5,9,13-16H2,1-3H3,(H,25,28)/t21-,22+/m0/s1. The highest BCUT2D eigenvalue weighted by Gasteiger charge is 2.44. The Balaban J connectivity index is 1.87. The van der Waals surface area contributed by atoms with Crippen LogP contribution in [0.5, 0.6) is 0 Å². The van der Waals surface area contributed by atoms with Crippen molar-refractivity contribution in [3.05, 3.63) is 57.8 Å². The quantitative estimate of drug-likeness (QED) is 0.540. The van der Waals surface area contributed by atoms with Gasteiger partial charge in [-0.15, -0.1) is 11.3 Å². The van der Waals surface area contributed by atoms with Gasteiger partial charge in [0, 0.05) is 30.6 Å². The minimum atomic E-state index is -0.446. The van der Waals surface area contributed by atoms with Gasteiger partial charge >= 0.3 is 0 Å². The highest BCUT2D eigenvalue weighted by Crippen LogP contribution is 2.44. The van der Waals surface area contributed by atoms with E-state index < -0.39 is 5.92 Å².